The summed E-state index contributed by atoms with van der Waals surface area (Å²) in [5, 5.41) is 15.2. The number of rotatable bonds is 2. The lowest BCUT2D eigenvalue weighted by atomic mass is 10.0. The Morgan fingerprint density at radius 2 is 2.00 bits per heavy atom. The van der Waals surface area contributed by atoms with Crippen LogP contribution in [0.3, 0.4) is 0 Å². The normalized spacial score (nSPS) is 11.5. The number of pyridine rings is 1. The van der Waals surface area contributed by atoms with Crippen LogP contribution in [0.4, 0.5) is 0 Å². The summed E-state index contributed by atoms with van der Waals surface area (Å²) in [4.78, 5) is 20.5. The maximum atomic E-state index is 12.7. The molecule has 0 aliphatic rings. The molecule has 27 heavy (non-hydrogen) atoms. The van der Waals surface area contributed by atoms with Crippen LogP contribution in [0, 0.1) is 13.8 Å². The fraction of sp³-hybridized carbons (Fsp3) is 0.105. The molecule has 0 atom stereocenters. The van der Waals surface area contributed by atoms with E-state index in [1.165, 1.54) is 4.52 Å². The van der Waals surface area contributed by atoms with Gasteiger partial charge in [-0.1, -0.05) is 17.3 Å². The fourth-order valence-electron chi connectivity index (χ4n) is 3.45. The monoisotopic (exact) mass is 357 g/mol. The largest absolute Gasteiger partial charge is 0.339 e. The molecule has 0 saturated carbocycles. The van der Waals surface area contributed by atoms with Crippen molar-refractivity contribution in [2.24, 2.45) is 0 Å². The second-order valence-electron chi connectivity index (χ2n) is 6.40. The summed E-state index contributed by atoms with van der Waals surface area (Å²) in [5.74, 6) is 0. The SMILES string of the molecule is Cc1nn2c(=O)cc(-c3ccc4[nH]nnc4c3C)[nH]c2c1-c1ccccn1. The molecule has 5 aromatic rings. The number of benzene rings is 1. The van der Waals surface area contributed by atoms with E-state index in [4.69, 9.17) is 0 Å². The highest BCUT2D eigenvalue weighted by atomic mass is 16.1. The number of nitrogens with zero attached hydrogens (tertiary/aromatic N) is 5. The molecule has 0 amide bonds. The molecular weight excluding hydrogens is 342 g/mol. The van der Waals surface area contributed by atoms with Gasteiger partial charge in [-0.25, -0.2) is 0 Å². The van der Waals surface area contributed by atoms with Crippen molar-refractivity contribution in [2.45, 2.75) is 13.8 Å². The lowest BCUT2D eigenvalue weighted by Gasteiger charge is -2.08. The molecule has 4 aromatic heterocycles. The van der Waals surface area contributed by atoms with Gasteiger partial charge in [0.1, 0.15) is 11.2 Å². The standard InChI is InChI=1S/C19H15N7O/c1-10-12(6-7-14-18(10)23-25-22-14)15-9-16(27)26-19(21-15)17(11(2)24-26)13-5-3-4-8-20-13/h3-9,21H,1-2H3,(H,22,23,25). The van der Waals surface area contributed by atoms with Crippen molar-refractivity contribution >= 4 is 16.7 Å². The molecule has 5 rings (SSSR count). The van der Waals surface area contributed by atoms with Gasteiger partial charge in [0, 0.05) is 17.8 Å². The van der Waals surface area contributed by atoms with Gasteiger partial charge >= 0.3 is 0 Å². The Morgan fingerprint density at radius 1 is 1.11 bits per heavy atom. The third-order valence-corrected chi connectivity index (χ3v) is 4.75. The van der Waals surface area contributed by atoms with Crippen molar-refractivity contribution < 1.29 is 0 Å². The van der Waals surface area contributed by atoms with E-state index in [0.717, 1.165) is 39.1 Å². The van der Waals surface area contributed by atoms with Gasteiger partial charge in [-0.2, -0.15) is 9.61 Å². The lowest BCUT2D eigenvalue weighted by molar-refractivity contribution is 0.882. The Bertz CT molecular complexity index is 1360. The Hall–Kier alpha value is -3.81. The minimum Gasteiger partial charge on any atom is -0.339 e. The van der Waals surface area contributed by atoms with Gasteiger partial charge in [-0.05, 0) is 37.6 Å². The van der Waals surface area contributed by atoms with Crippen molar-refractivity contribution in [3.8, 4) is 22.5 Å². The third-order valence-electron chi connectivity index (χ3n) is 4.75. The molecule has 0 aliphatic carbocycles. The van der Waals surface area contributed by atoms with Crippen molar-refractivity contribution in [1.82, 2.24) is 35.0 Å². The third kappa shape index (κ3) is 2.27. The van der Waals surface area contributed by atoms with Crippen LogP contribution in [0.2, 0.25) is 0 Å². The summed E-state index contributed by atoms with van der Waals surface area (Å²) in [5.41, 5.74) is 6.90. The van der Waals surface area contributed by atoms with Crippen LogP contribution in [-0.2, 0) is 0 Å². The molecule has 0 fully saturated rings. The van der Waals surface area contributed by atoms with E-state index in [9.17, 15) is 4.79 Å². The van der Waals surface area contributed by atoms with Gasteiger partial charge in [-0.3, -0.25) is 14.9 Å². The van der Waals surface area contributed by atoms with Gasteiger partial charge in [0.2, 0.25) is 0 Å². The summed E-state index contributed by atoms with van der Waals surface area (Å²) < 4.78 is 1.38. The van der Waals surface area contributed by atoms with Crippen LogP contribution in [0.25, 0.3) is 39.2 Å². The van der Waals surface area contributed by atoms with Crippen LogP contribution in [0.1, 0.15) is 11.3 Å². The van der Waals surface area contributed by atoms with Crippen LogP contribution < -0.4 is 5.56 Å². The highest BCUT2D eigenvalue weighted by molar-refractivity contribution is 5.86. The Morgan fingerprint density at radius 3 is 2.81 bits per heavy atom. The number of aromatic amines is 2. The molecule has 2 N–H and O–H groups in total. The smallest absolute Gasteiger partial charge is 0.274 e. The van der Waals surface area contributed by atoms with Gasteiger partial charge < -0.3 is 4.98 Å². The quantitative estimate of drug-likeness (QED) is 0.505. The highest BCUT2D eigenvalue weighted by Gasteiger charge is 2.17. The Kier molecular flexibility index (Phi) is 3.20. The number of nitrogens with one attached hydrogen (secondary N) is 2. The predicted molar refractivity (Wildman–Crippen MR) is 101 cm³/mol. The minimum absolute atomic E-state index is 0.205. The molecule has 1 aromatic carbocycles. The van der Waals surface area contributed by atoms with Crippen LogP contribution in [0.15, 0.2) is 47.4 Å². The first-order valence-electron chi connectivity index (χ1n) is 8.48. The van der Waals surface area contributed by atoms with Crippen molar-refractivity contribution in [1.29, 1.82) is 0 Å². The highest BCUT2D eigenvalue weighted by Crippen LogP contribution is 2.29. The molecule has 8 nitrogen and oxygen atoms in total. The number of H-pyrrole nitrogens is 2. The van der Waals surface area contributed by atoms with Crippen molar-refractivity contribution in [3.63, 3.8) is 0 Å². The van der Waals surface area contributed by atoms with E-state index in [0.29, 0.717) is 11.3 Å². The predicted octanol–water partition coefficient (Wildman–Crippen LogP) is 2.64. The zero-order valence-electron chi connectivity index (χ0n) is 14.7. The second kappa shape index (κ2) is 5.60. The summed E-state index contributed by atoms with van der Waals surface area (Å²) >= 11 is 0. The Balaban J connectivity index is 1.82. The van der Waals surface area contributed by atoms with E-state index >= 15 is 0 Å². The van der Waals surface area contributed by atoms with E-state index in [1.807, 2.05) is 44.2 Å². The molecule has 8 heteroatoms. The molecule has 4 heterocycles. The van der Waals surface area contributed by atoms with Crippen molar-refractivity contribution in [2.75, 3.05) is 0 Å². The average Bonchev–Trinajstić information content (AvgIpc) is 3.27. The number of aryl methyl sites for hydroxylation is 2. The number of fused-ring (bicyclic) bond motifs is 2. The van der Waals surface area contributed by atoms with E-state index in [1.54, 1.807) is 12.3 Å². The molecular formula is C19H15N7O. The van der Waals surface area contributed by atoms with Crippen LogP contribution >= 0.6 is 0 Å². The minimum atomic E-state index is -0.205. The lowest BCUT2D eigenvalue weighted by Crippen LogP contribution is -2.14. The maximum Gasteiger partial charge on any atom is 0.274 e. The van der Waals surface area contributed by atoms with E-state index in [-0.39, 0.29) is 5.56 Å². The molecule has 0 spiro atoms. The molecule has 132 valence electrons. The second-order valence-corrected chi connectivity index (χ2v) is 6.40. The van der Waals surface area contributed by atoms with Gasteiger partial charge in [0.15, 0.2) is 0 Å². The van der Waals surface area contributed by atoms with E-state index < -0.39 is 0 Å². The number of hydrogen-bond acceptors (Lipinski definition) is 5. The van der Waals surface area contributed by atoms with Crippen LogP contribution in [0.5, 0.6) is 0 Å². The topological polar surface area (TPSA) is 105 Å². The van der Waals surface area contributed by atoms with Gasteiger partial charge in [0.25, 0.3) is 5.56 Å². The van der Waals surface area contributed by atoms with Crippen LogP contribution in [-0.4, -0.2) is 35.0 Å². The summed E-state index contributed by atoms with van der Waals surface area (Å²) in [6, 6.07) is 11.1. The summed E-state index contributed by atoms with van der Waals surface area (Å²) in [6.07, 6.45) is 1.73. The van der Waals surface area contributed by atoms with Crippen molar-refractivity contribution in [3.05, 3.63) is 64.2 Å². The number of hydrogen-bond donors (Lipinski definition) is 2. The zero-order valence-corrected chi connectivity index (χ0v) is 14.7. The summed E-state index contributed by atoms with van der Waals surface area (Å²) in [6.45, 7) is 3.83. The average molecular weight is 357 g/mol. The molecule has 0 saturated heterocycles. The Labute approximate surface area is 152 Å². The molecule has 0 unspecified atom stereocenters. The van der Waals surface area contributed by atoms with Gasteiger partial charge in [0.05, 0.1) is 28.2 Å². The maximum absolute atomic E-state index is 12.7. The fourth-order valence-corrected chi connectivity index (χ4v) is 3.45. The van der Waals surface area contributed by atoms with E-state index in [2.05, 4.69) is 30.5 Å². The molecule has 0 radical (unpaired) electrons. The molecule has 0 bridgehead atoms. The first-order valence-corrected chi connectivity index (χ1v) is 8.48. The first kappa shape index (κ1) is 15.4. The summed E-state index contributed by atoms with van der Waals surface area (Å²) in [7, 11) is 0. The molecule has 0 aliphatic heterocycles. The number of aromatic nitrogens is 7. The first-order chi connectivity index (χ1) is 13.1. The zero-order chi connectivity index (χ0) is 18.5. The van der Waals surface area contributed by atoms with Gasteiger partial charge in [-0.15, -0.1) is 5.10 Å².